The highest BCUT2D eigenvalue weighted by molar-refractivity contribution is 5.94. The normalized spacial score (nSPS) is 12.9. The molecule has 0 fully saturated rings. The van der Waals surface area contributed by atoms with Crippen molar-refractivity contribution in [2.75, 3.05) is 19.8 Å². The highest BCUT2D eigenvalue weighted by Crippen LogP contribution is 2.22. The Kier molecular flexibility index (Phi) is 9.11. The Morgan fingerprint density at radius 2 is 2.04 bits per heavy atom. The molecule has 5 heteroatoms. The van der Waals surface area contributed by atoms with Crippen molar-refractivity contribution in [3.8, 4) is 5.75 Å². The molecule has 0 amide bonds. The van der Waals surface area contributed by atoms with E-state index in [4.69, 9.17) is 9.47 Å². The molecule has 5 nitrogen and oxygen atoms in total. The Morgan fingerprint density at radius 1 is 1.32 bits per heavy atom. The summed E-state index contributed by atoms with van der Waals surface area (Å²) in [5, 5.41) is 13.3. The summed E-state index contributed by atoms with van der Waals surface area (Å²) in [5.74, 6) is 0.659. The zero-order valence-corrected chi connectivity index (χ0v) is 16.2. The van der Waals surface area contributed by atoms with Crippen LogP contribution < -0.4 is 10.1 Å². The molecule has 0 aliphatic heterocycles. The van der Waals surface area contributed by atoms with Crippen LogP contribution in [0.3, 0.4) is 0 Å². The summed E-state index contributed by atoms with van der Waals surface area (Å²) >= 11 is 0. The first-order valence-corrected chi connectivity index (χ1v) is 9.00. The third-order valence-corrected chi connectivity index (χ3v) is 3.67. The van der Waals surface area contributed by atoms with Gasteiger partial charge in [0.05, 0.1) is 6.61 Å². The molecule has 142 valence electrons. The molecule has 0 saturated heterocycles. The Hall–Kier alpha value is -1.43. The van der Waals surface area contributed by atoms with E-state index in [9.17, 15) is 9.90 Å². The number of ketones is 1. The van der Waals surface area contributed by atoms with Gasteiger partial charge in [0.1, 0.15) is 18.5 Å². The van der Waals surface area contributed by atoms with Gasteiger partial charge < -0.3 is 19.9 Å². The molecule has 1 unspecified atom stereocenters. The minimum absolute atomic E-state index is 0.00997. The second-order valence-electron chi connectivity index (χ2n) is 7.38. The van der Waals surface area contributed by atoms with E-state index in [-0.39, 0.29) is 17.9 Å². The molecule has 25 heavy (non-hydrogen) atoms. The minimum Gasteiger partial charge on any atom is -0.490 e. The third kappa shape index (κ3) is 9.00. The molecule has 0 bridgehead atoms. The van der Waals surface area contributed by atoms with Crippen LogP contribution in [0.2, 0.25) is 0 Å². The van der Waals surface area contributed by atoms with Crippen LogP contribution in [-0.2, 0) is 11.3 Å². The molecule has 0 heterocycles. The molecular weight excluding hydrogens is 318 g/mol. The number of unbranched alkanes of at least 4 members (excludes halogenated alkanes) is 1. The molecule has 0 aromatic heterocycles. The van der Waals surface area contributed by atoms with E-state index in [1.165, 1.54) is 0 Å². The molecule has 2 N–H and O–H groups in total. The van der Waals surface area contributed by atoms with E-state index in [0.717, 1.165) is 18.4 Å². The first-order valence-electron chi connectivity index (χ1n) is 9.00. The Morgan fingerprint density at radius 3 is 2.64 bits per heavy atom. The average Bonchev–Trinajstić information content (AvgIpc) is 2.54. The van der Waals surface area contributed by atoms with E-state index in [1.807, 2.05) is 26.8 Å². The molecule has 1 aromatic carbocycles. The fourth-order valence-corrected chi connectivity index (χ4v) is 2.15. The summed E-state index contributed by atoms with van der Waals surface area (Å²) in [4.78, 5) is 11.6. The SMILES string of the molecule is CCCCOCc1cc(C(C)=O)ccc1OCC(O)CNC(C)(C)C. The number of rotatable bonds is 11. The largest absolute Gasteiger partial charge is 0.490 e. The fraction of sp³-hybridized carbons (Fsp3) is 0.650. The van der Waals surface area contributed by atoms with Gasteiger partial charge in [0.2, 0.25) is 0 Å². The van der Waals surface area contributed by atoms with Crippen LogP contribution >= 0.6 is 0 Å². The second-order valence-corrected chi connectivity index (χ2v) is 7.38. The molecule has 1 rings (SSSR count). The monoisotopic (exact) mass is 351 g/mol. The maximum Gasteiger partial charge on any atom is 0.159 e. The van der Waals surface area contributed by atoms with Gasteiger partial charge in [0, 0.05) is 29.8 Å². The average molecular weight is 351 g/mol. The van der Waals surface area contributed by atoms with Crippen LogP contribution in [-0.4, -0.2) is 42.3 Å². The van der Waals surface area contributed by atoms with Crippen LogP contribution in [0.1, 0.15) is 63.4 Å². The van der Waals surface area contributed by atoms with Gasteiger partial charge in [-0.25, -0.2) is 0 Å². The van der Waals surface area contributed by atoms with Gasteiger partial charge in [0.25, 0.3) is 0 Å². The first kappa shape index (κ1) is 21.6. The third-order valence-electron chi connectivity index (χ3n) is 3.67. The maximum absolute atomic E-state index is 11.6. The molecular formula is C20H33NO4. The summed E-state index contributed by atoms with van der Waals surface area (Å²) < 4.78 is 11.4. The van der Waals surface area contributed by atoms with Gasteiger partial charge in [0.15, 0.2) is 5.78 Å². The van der Waals surface area contributed by atoms with Gasteiger partial charge in [-0.3, -0.25) is 4.79 Å². The number of carbonyl (C=O) groups excluding carboxylic acids is 1. The smallest absolute Gasteiger partial charge is 0.159 e. The Bertz CT molecular complexity index is 537. The molecule has 1 aromatic rings. The van der Waals surface area contributed by atoms with Gasteiger partial charge in [-0.2, -0.15) is 0 Å². The molecule has 0 saturated carbocycles. The number of Topliss-reactive ketones (excluding diaryl/α,β-unsaturated/α-hetero) is 1. The zero-order chi connectivity index (χ0) is 18.9. The molecule has 0 aliphatic carbocycles. The van der Waals surface area contributed by atoms with Crippen molar-refractivity contribution in [2.24, 2.45) is 0 Å². The van der Waals surface area contributed by atoms with Crippen LogP contribution in [0.4, 0.5) is 0 Å². The Balaban J connectivity index is 2.67. The maximum atomic E-state index is 11.6. The summed E-state index contributed by atoms with van der Waals surface area (Å²) in [6.45, 7) is 11.5. The van der Waals surface area contributed by atoms with Gasteiger partial charge >= 0.3 is 0 Å². The highest BCUT2D eigenvalue weighted by atomic mass is 16.5. The van der Waals surface area contributed by atoms with Crippen molar-refractivity contribution >= 4 is 5.78 Å². The van der Waals surface area contributed by atoms with Crippen molar-refractivity contribution in [3.05, 3.63) is 29.3 Å². The highest BCUT2D eigenvalue weighted by Gasteiger charge is 2.14. The number of carbonyl (C=O) groups is 1. The number of ether oxygens (including phenoxy) is 2. The molecule has 0 spiro atoms. The minimum atomic E-state index is -0.611. The van der Waals surface area contributed by atoms with Crippen molar-refractivity contribution in [3.63, 3.8) is 0 Å². The lowest BCUT2D eigenvalue weighted by Gasteiger charge is -2.23. The van der Waals surface area contributed by atoms with E-state index in [0.29, 0.717) is 31.1 Å². The number of hydrogen-bond acceptors (Lipinski definition) is 5. The van der Waals surface area contributed by atoms with E-state index in [1.54, 1.807) is 19.1 Å². The number of hydrogen-bond donors (Lipinski definition) is 2. The van der Waals surface area contributed by atoms with Crippen LogP contribution in [0.5, 0.6) is 5.75 Å². The van der Waals surface area contributed by atoms with Crippen LogP contribution in [0.15, 0.2) is 18.2 Å². The van der Waals surface area contributed by atoms with Gasteiger partial charge in [-0.05, 0) is 52.3 Å². The molecule has 1 atom stereocenters. The van der Waals surface area contributed by atoms with Crippen LogP contribution in [0.25, 0.3) is 0 Å². The Labute approximate surface area is 151 Å². The number of aliphatic hydroxyl groups is 1. The van der Waals surface area contributed by atoms with E-state index in [2.05, 4.69) is 12.2 Å². The van der Waals surface area contributed by atoms with Gasteiger partial charge in [-0.15, -0.1) is 0 Å². The topological polar surface area (TPSA) is 67.8 Å². The van der Waals surface area contributed by atoms with E-state index < -0.39 is 6.10 Å². The second kappa shape index (κ2) is 10.5. The van der Waals surface area contributed by atoms with Gasteiger partial charge in [-0.1, -0.05) is 13.3 Å². The van der Waals surface area contributed by atoms with Crippen molar-refractivity contribution in [1.82, 2.24) is 5.32 Å². The summed E-state index contributed by atoms with van der Waals surface area (Å²) in [6, 6.07) is 5.33. The number of aliphatic hydroxyl groups excluding tert-OH is 1. The fourth-order valence-electron chi connectivity index (χ4n) is 2.15. The number of β-amino-alcohol motifs (C(OH)–C–C–N with tert-alkyl or cyclic N) is 1. The standard InChI is InChI=1S/C20H33NO4/c1-6-7-10-24-13-17-11-16(15(2)22)8-9-19(17)25-14-18(23)12-21-20(3,4)5/h8-9,11,18,21,23H,6-7,10,12-14H2,1-5H3. The summed E-state index contributed by atoms with van der Waals surface area (Å²) in [6.07, 6.45) is 1.46. The lowest BCUT2D eigenvalue weighted by Crippen LogP contribution is -2.42. The van der Waals surface area contributed by atoms with Crippen molar-refractivity contribution < 1.29 is 19.4 Å². The zero-order valence-electron chi connectivity index (χ0n) is 16.2. The van der Waals surface area contributed by atoms with Crippen molar-refractivity contribution in [1.29, 1.82) is 0 Å². The van der Waals surface area contributed by atoms with Crippen molar-refractivity contribution in [2.45, 2.75) is 65.7 Å². The number of benzene rings is 1. The quantitative estimate of drug-likeness (QED) is 0.473. The lowest BCUT2D eigenvalue weighted by atomic mass is 10.1. The summed E-state index contributed by atoms with van der Waals surface area (Å²) in [5.41, 5.74) is 1.42. The lowest BCUT2D eigenvalue weighted by molar-refractivity contribution is 0.0929. The van der Waals surface area contributed by atoms with E-state index >= 15 is 0 Å². The summed E-state index contributed by atoms with van der Waals surface area (Å²) in [7, 11) is 0. The first-order chi connectivity index (χ1) is 11.7. The predicted octanol–water partition coefficient (Wildman–Crippen LogP) is 3.33. The molecule has 0 radical (unpaired) electrons. The molecule has 0 aliphatic rings. The number of nitrogens with one attached hydrogen (secondary N) is 1. The van der Waals surface area contributed by atoms with Crippen LogP contribution in [0, 0.1) is 0 Å². The predicted molar refractivity (Wildman–Crippen MR) is 100 cm³/mol.